The van der Waals surface area contributed by atoms with E-state index in [1.807, 2.05) is 0 Å². The van der Waals surface area contributed by atoms with Gasteiger partial charge in [0.1, 0.15) is 12.7 Å². The van der Waals surface area contributed by atoms with E-state index in [-0.39, 0.29) is 17.7 Å². The summed E-state index contributed by atoms with van der Waals surface area (Å²) < 4.78 is 22.3. The Hall–Kier alpha value is -4.59. The molecule has 3 aromatic carbocycles. The molecule has 0 amide bonds. The van der Waals surface area contributed by atoms with E-state index in [1.165, 1.54) is 6.08 Å². The number of hydrogen-bond acceptors (Lipinski definition) is 9. The van der Waals surface area contributed by atoms with E-state index in [4.69, 9.17) is 18.9 Å². The fourth-order valence-electron chi connectivity index (χ4n) is 3.61. The summed E-state index contributed by atoms with van der Waals surface area (Å²) in [6.07, 6.45) is -3.57. The zero-order valence-electron chi connectivity index (χ0n) is 18.9. The maximum absolute atomic E-state index is 12.8. The van der Waals surface area contributed by atoms with Crippen LogP contribution in [-0.4, -0.2) is 55.1 Å². The van der Waals surface area contributed by atoms with Gasteiger partial charge in [0.05, 0.1) is 16.7 Å². The van der Waals surface area contributed by atoms with Crippen molar-refractivity contribution in [3.8, 4) is 0 Å². The summed E-state index contributed by atoms with van der Waals surface area (Å²) in [7, 11) is 0. The van der Waals surface area contributed by atoms with Gasteiger partial charge in [-0.15, -0.1) is 0 Å². The Kier molecular flexibility index (Phi) is 7.97. The molecule has 1 fully saturated rings. The van der Waals surface area contributed by atoms with Crippen LogP contribution in [0.2, 0.25) is 0 Å². The fraction of sp³-hybridized carbons (Fsp3) is 0.185. The number of carbonyl (C=O) groups excluding carboxylic acids is 4. The summed E-state index contributed by atoms with van der Waals surface area (Å²) in [5, 5.41) is 0. The van der Waals surface area contributed by atoms with Gasteiger partial charge in [-0.25, -0.2) is 19.2 Å². The van der Waals surface area contributed by atoms with Gasteiger partial charge in [-0.05, 0) is 36.4 Å². The van der Waals surface area contributed by atoms with E-state index >= 15 is 0 Å². The van der Waals surface area contributed by atoms with Gasteiger partial charge in [0.2, 0.25) is 12.3 Å². The molecule has 1 saturated heterocycles. The first-order valence-corrected chi connectivity index (χ1v) is 11.0. The number of rotatable bonds is 8. The highest BCUT2D eigenvalue weighted by molar-refractivity contribution is 5.91. The third-order valence-corrected chi connectivity index (χ3v) is 5.36. The number of esters is 3. The molecule has 1 heterocycles. The highest BCUT2D eigenvalue weighted by Crippen LogP contribution is 2.30. The first-order chi connectivity index (χ1) is 17.6. The maximum Gasteiger partial charge on any atom is 0.338 e. The summed E-state index contributed by atoms with van der Waals surface area (Å²) in [5.41, 5.74) is 0.786. The van der Waals surface area contributed by atoms with Crippen molar-refractivity contribution in [1.82, 2.24) is 0 Å². The third kappa shape index (κ3) is 5.90. The molecule has 0 aromatic heterocycles. The van der Waals surface area contributed by atoms with Crippen LogP contribution >= 0.6 is 0 Å². The summed E-state index contributed by atoms with van der Waals surface area (Å²) in [5.74, 6) is -2.09. The molecular weight excluding hydrogens is 466 g/mol. The average Bonchev–Trinajstić information content (AvgIpc) is 3.24. The molecule has 4 atom stereocenters. The number of nitrogens with zero attached hydrogens (tertiary/aromatic N) is 1. The predicted octanol–water partition coefficient (Wildman–Crippen LogP) is 3.36. The first kappa shape index (κ1) is 24.5. The van der Waals surface area contributed by atoms with Crippen molar-refractivity contribution in [2.75, 3.05) is 6.61 Å². The normalized spacial score (nSPS) is 20.6. The van der Waals surface area contributed by atoms with E-state index in [2.05, 4.69) is 4.99 Å². The van der Waals surface area contributed by atoms with Crippen LogP contribution in [0.25, 0.3) is 0 Å². The minimum Gasteiger partial charge on any atom is -0.459 e. The van der Waals surface area contributed by atoms with E-state index in [0.717, 1.165) is 0 Å². The smallest absolute Gasteiger partial charge is 0.338 e. The van der Waals surface area contributed by atoms with E-state index in [9.17, 15) is 19.2 Å². The highest BCUT2D eigenvalue weighted by Gasteiger charge is 2.50. The third-order valence-electron chi connectivity index (χ3n) is 5.36. The molecule has 0 spiro atoms. The molecule has 9 heteroatoms. The van der Waals surface area contributed by atoms with Gasteiger partial charge in [-0.1, -0.05) is 54.6 Å². The largest absolute Gasteiger partial charge is 0.459 e. The second-order valence-corrected chi connectivity index (χ2v) is 7.72. The van der Waals surface area contributed by atoms with Gasteiger partial charge < -0.3 is 18.9 Å². The van der Waals surface area contributed by atoms with Crippen LogP contribution in [0.5, 0.6) is 0 Å². The lowest BCUT2D eigenvalue weighted by atomic mass is 10.1. The van der Waals surface area contributed by atoms with Crippen LogP contribution in [0.4, 0.5) is 0 Å². The highest BCUT2D eigenvalue weighted by atomic mass is 16.7. The Morgan fingerprint density at radius 2 is 1.14 bits per heavy atom. The SMILES string of the molecule is O=C=NC1OC(COC(=O)c2ccccc2)C(OC(=O)c2ccccc2)C1OC(=O)c1ccccc1. The van der Waals surface area contributed by atoms with Crippen molar-refractivity contribution < 1.29 is 38.1 Å². The van der Waals surface area contributed by atoms with Crippen LogP contribution in [0.15, 0.2) is 96.0 Å². The second-order valence-electron chi connectivity index (χ2n) is 7.72. The van der Waals surface area contributed by atoms with Crippen LogP contribution in [0, 0.1) is 0 Å². The minimum atomic E-state index is -1.33. The van der Waals surface area contributed by atoms with Crippen LogP contribution < -0.4 is 0 Å². The summed E-state index contributed by atoms with van der Waals surface area (Å²) in [4.78, 5) is 52.7. The summed E-state index contributed by atoms with van der Waals surface area (Å²) in [6, 6.07) is 24.6. The molecule has 0 saturated carbocycles. The molecule has 3 aromatic rings. The minimum absolute atomic E-state index is 0.235. The maximum atomic E-state index is 12.8. The Morgan fingerprint density at radius 3 is 1.61 bits per heavy atom. The molecule has 0 bridgehead atoms. The van der Waals surface area contributed by atoms with Crippen molar-refractivity contribution in [1.29, 1.82) is 0 Å². The molecule has 4 unspecified atom stereocenters. The first-order valence-electron chi connectivity index (χ1n) is 11.0. The predicted molar refractivity (Wildman–Crippen MR) is 125 cm³/mol. The molecule has 0 N–H and O–H groups in total. The Balaban J connectivity index is 1.58. The second kappa shape index (κ2) is 11.7. The Labute approximate surface area is 206 Å². The number of isocyanates is 1. The molecule has 36 heavy (non-hydrogen) atoms. The molecule has 182 valence electrons. The topological polar surface area (TPSA) is 118 Å². The molecular formula is C27H21NO8. The van der Waals surface area contributed by atoms with Gasteiger partial charge >= 0.3 is 17.9 Å². The van der Waals surface area contributed by atoms with Crippen LogP contribution in [0.1, 0.15) is 31.1 Å². The number of carbonyl (C=O) groups is 3. The van der Waals surface area contributed by atoms with E-state index in [0.29, 0.717) is 5.56 Å². The van der Waals surface area contributed by atoms with Gasteiger partial charge in [0.15, 0.2) is 12.2 Å². The quantitative estimate of drug-likeness (QED) is 0.205. The zero-order valence-corrected chi connectivity index (χ0v) is 18.9. The van der Waals surface area contributed by atoms with Crippen LogP contribution in [0.3, 0.4) is 0 Å². The molecule has 0 aliphatic carbocycles. The molecule has 4 rings (SSSR count). The number of benzene rings is 3. The lowest BCUT2D eigenvalue weighted by Crippen LogP contribution is -2.41. The number of hydrogen-bond donors (Lipinski definition) is 0. The lowest BCUT2D eigenvalue weighted by molar-refractivity contribution is -0.0445. The number of ether oxygens (including phenoxy) is 4. The zero-order chi connectivity index (χ0) is 25.3. The van der Waals surface area contributed by atoms with Crippen molar-refractivity contribution in [3.63, 3.8) is 0 Å². The Bertz CT molecular complexity index is 1240. The fourth-order valence-corrected chi connectivity index (χ4v) is 3.61. The standard InChI is InChI=1S/C27H21NO8/c29-17-28-24-23(36-27(32)20-14-8-3-9-15-20)22(35-26(31)19-12-6-2-7-13-19)21(34-24)16-33-25(30)18-10-4-1-5-11-18/h1-15,21-24H,16H2. The molecule has 1 aliphatic heterocycles. The average molecular weight is 487 g/mol. The number of aliphatic imine (C=N–C) groups is 1. The van der Waals surface area contributed by atoms with Crippen molar-refractivity contribution >= 4 is 24.0 Å². The van der Waals surface area contributed by atoms with Crippen molar-refractivity contribution in [2.24, 2.45) is 4.99 Å². The molecule has 1 aliphatic rings. The van der Waals surface area contributed by atoms with Gasteiger partial charge in [0.25, 0.3) is 0 Å². The van der Waals surface area contributed by atoms with Gasteiger partial charge in [-0.2, -0.15) is 4.99 Å². The van der Waals surface area contributed by atoms with E-state index in [1.54, 1.807) is 91.0 Å². The molecule has 9 nitrogen and oxygen atoms in total. The summed E-state index contributed by atoms with van der Waals surface area (Å²) >= 11 is 0. The molecule has 0 radical (unpaired) electrons. The van der Waals surface area contributed by atoms with Gasteiger partial charge in [-0.3, -0.25) is 0 Å². The summed E-state index contributed by atoms with van der Waals surface area (Å²) in [6.45, 7) is -0.356. The van der Waals surface area contributed by atoms with Gasteiger partial charge in [0, 0.05) is 0 Å². The Morgan fingerprint density at radius 1 is 0.694 bits per heavy atom. The van der Waals surface area contributed by atoms with Crippen molar-refractivity contribution in [2.45, 2.75) is 24.5 Å². The monoisotopic (exact) mass is 487 g/mol. The van der Waals surface area contributed by atoms with Crippen LogP contribution in [-0.2, 0) is 23.7 Å². The van der Waals surface area contributed by atoms with Crippen molar-refractivity contribution in [3.05, 3.63) is 108 Å². The van der Waals surface area contributed by atoms with E-state index < -0.39 is 42.4 Å². The lowest BCUT2D eigenvalue weighted by Gasteiger charge is -2.23.